The van der Waals surface area contributed by atoms with Crippen LogP contribution in [0, 0.1) is 5.92 Å². The summed E-state index contributed by atoms with van der Waals surface area (Å²) in [5.74, 6) is -1.26. The molecule has 0 saturated carbocycles. The van der Waals surface area contributed by atoms with Crippen LogP contribution >= 0.6 is 11.3 Å². The van der Waals surface area contributed by atoms with E-state index < -0.39 is 23.9 Å². The number of hydrogen-bond acceptors (Lipinski definition) is 9. The predicted molar refractivity (Wildman–Crippen MR) is 164 cm³/mol. The van der Waals surface area contributed by atoms with E-state index in [1.54, 1.807) is 5.38 Å². The van der Waals surface area contributed by atoms with Gasteiger partial charge >= 0.3 is 0 Å². The van der Waals surface area contributed by atoms with Gasteiger partial charge in [-0.15, -0.1) is 11.3 Å². The van der Waals surface area contributed by atoms with E-state index in [9.17, 15) is 19.2 Å². The summed E-state index contributed by atoms with van der Waals surface area (Å²) in [6.07, 6.45) is 4.86. The summed E-state index contributed by atoms with van der Waals surface area (Å²) < 4.78 is 5.70. The minimum Gasteiger partial charge on any atom is -0.446 e. The third-order valence-electron chi connectivity index (χ3n) is 7.81. The fourth-order valence-electron chi connectivity index (χ4n) is 5.37. The molecular formula is C31H39N7O5S. The van der Waals surface area contributed by atoms with Crippen LogP contribution in [0.5, 0.6) is 0 Å². The average Bonchev–Trinajstić information content (AvgIpc) is 3.71. The SMILES string of the molecule is CC(C)[C@@H]1NC(=O)CN(C(=O)CN2CCCCC2)CCNC(=O)c2coc(n2)[C@H](Cc2ccccc2)NC(=O)c2csc1n2. The molecule has 3 aromatic rings. The molecule has 44 heavy (non-hydrogen) atoms. The molecule has 1 fully saturated rings. The molecular weight excluding hydrogens is 582 g/mol. The quantitative estimate of drug-likeness (QED) is 0.394. The number of amides is 4. The summed E-state index contributed by atoms with van der Waals surface area (Å²) in [6.45, 7) is 5.93. The Bertz CT molecular complexity index is 1450. The highest BCUT2D eigenvalue weighted by Crippen LogP contribution is 2.26. The maximum atomic E-state index is 13.4. The average molecular weight is 622 g/mol. The van der Waals surface area contributed by atoms with Crippen LogP contribution in [0.25, 0.3) is 0 Å². The normalized spacial score (nSPS) is 20.8. The van der Waals surface area contributed by atoms with Crippen molar-refractivity contribution < 1.29 is 23.6 Å². The van der Waals surface area contributed by atoms with E-state index in [4.69, 9.17) is 4.42 Å². The van der Waals surface area contributed by atoms with Crippen molar-refractivity contribution >= 4 is 35.0 Å². The van der Waals surface area contributed by atoms with Crippen LogP contribution in [0.15, 0.2) is 46.4 Å². The van der Waals surface area contributed by atoms with Crippen molar-refractivity contribution in [1.82, 2.24) is 35.7 Å². The lowest BCUT2D eigenvalue weighted by molar-refractivity contribution is -0.137. The molecule has 1 aromatic carbocycles. The van der Waals surface area contributed by atoms with Gasteiger partial charge < -0.3 is 25.3 Å². The lowest BCUT2D eigenvalue weighted by Gasteiger charge is -2.30. The number of hydrogen-bond donors (Lipinski definition) is 3. The zero-order valence-corrected chi connectivity index (χ0v) is 25.9. The van der Waals surface area contributed by atoms with Gasteiger partial charge in [-0.1, -0.05) is 50.6 Å². The molecule has 12 nitrogen and oxygen atoms in total. The van der Waals surface area contributed by atoms with Crippen LogP contribution < -0.4 is 16.0 Å². The third kappa shape index (κ3) is 8.08. The van der Waals surface area contributed by atoms with Crippen molar-refractivity contribution in [3.8, 4) is 0 Å². The van der Waals surface area contributed by atoms with Crippen LogP contribution in [0.4, 0.5) is 0 Å². The molecule has 2 aromatic heterocycles. The summed E-state index contributed by atoms with van der Waals surface area (Å²) >= 11 is 1.29. The van der Waals surface area contributed by atoms with Gasteiger partial charge in [0.15, 0.2) is 5.69 Å². The molecule has 1 saturated heterocycles. The first kappa shape index (κ1) is 31.3. The van der Waals surface area contributed by atoms with Gasteiger partial charge in [0.2, 0.25) is 17.7 Å². The van der Waals surface area contributed by atoms with Gasteiger partial charge in [-0.05, 0) is 37.4 Å². The van der Waals surface area contributed by atoms with Gasteiger partial charge in [0.05, 0.1) is 19.1 Å². The summed E-state index contributed by atoms with van der Waals surface area (Å²) in [5.41, 5.74) is 1.19. The summed E-state index contributed by atoms with van der Waals surface area (Å²) in [4.78, 5) is 65.6. The van der Waals surface area contributed by atoms with E-state index in [0.29, 0.717) is 11.4 Å². The Morgan fingerprint density at radius 1 is 1.00 bits per heavy atom. The van der Waals surface area contributed by atoms with E-state index in [2.05, 4.69) is 30.8 Å². The summed E-state index contributed by atoms with van der Waals surface area (Å²) in [6, 6.07) is 8.45. The van der Waals surface area contributed by atoms with Crippen LogP contribution in [0.2, 0.25) is 0 Å². The zero-order chi connectivity index (χ0) is 31.1. The van der Waals surface area contributed by atoms with Gasteiger partial charge in [0.25, 0.3) is 11.8 Å². The summed E-state index contributed by atoms with van der Waals surface area (Å²) in [5, 5.41) is 11.0. The zero-order valence-electron chi connectivity index (χ0n) is 25.1. The molecule has 4 heterocycles. The second-order valence-corrected chi connectivity index (χ2v) is 12.4. The number of likely N-dealkylation sites (tertiary alicyclic amines) is 1. The first-order valence-corrected chi connectivity index (χ1v) is 16.0. The second kappa shape index (κ2) is 14.6. The number of nitrogens with zero attached hydrogens (tertiary/aromatic N) is 4. The number of benzene rings is 1. The molecule has 4 amide bonds. The van der Waals surface area contributed by atoms with E-state index in [1.165, 1.54) is 22.5 Å². The lowest BCUT2D eigenvalue weighted by Crippen LogP contribution is -2.49. The molecule has 0 radical (unpaired) electrons. The molecule has 0 unspecified atom stereocenters. The maximum Gasteiger partial charge on any atom is 0.273 e. The summed E-state index contributed by atoms with van der Waals surface area (Å²) in [7, 11) is 0. The molecule has 5 rings (SSSR count). The predicted octanol–water partition coefficient (Wildman–Crippen LogP) is 2.72. The van der Waals surface area contributed by atoms with Crippen LogP contribution in [0.3, 0.4) is 0 Å². The highest BCUT2D eigenvalue weighted by atomic mass is 32.1. The van der Waals surface area contributed by atoms with Crippen molar-refractivity contribution in [2.45, 2.75) is 51.6 Å². The minimum absolute atomic E-state index is 0.0278. The van der Waals surface area contributed by atoms with Gasteiger partial charge in [-0.3, -0.25) is 24.1 Å². The van der Waals surface area contributed by atoms with E-state index in [0.717, 1.165) is 37.9 Å². The molecule has 0 spiro atoms. The molecule has 0 aliphatic carbocycles. The molecule has 2 aliphatic heterocycles. The Labute approximate surface area is 260 Å². The van der Waals surface area contributed by atoms with Crippen molar-refractivity contribution in [3.05, 3.63) is 69.8 Å². The number of aromatic nitrogens is 2. The Kier molecular flexibility index (Phi) is 10.4. The minimum atomic E-state index is -0.668. The molecule has 13 heteroatoms. The van der Waals surface area contributed by atoms with Crippen molar-refractivity contribution in [1.29, 1.82) is 0 Å². The smallest absolute Gasteiger partial charge is 0.273 e. The second-order valence-electron chi connectivity index (χ2n) is 11.6. The Hall–Kier alpha value is -4.10. The molecule has 3 N–H and O–H groups in total. The highest BCUT2D eigenvalue weighted by Gasteiger charge is 2.28. The number of piperidine rings is 1. The van der Waals surface area contributed by atoms with Crippen molar-refractivity contribution in [2.75, 3.05) is 39.3 Å². The van der Waals surface area contributed by atoms with Gasteiger partial charge in [0, 0.05) is 24.9 Å². The topological polar surface area (TPSA) is 150 Å². The van der Waals surface area contributed by atoms with E-state index >= 15 is 0 Å². The Morgan fingerprint density at radius 2 is 1.77 bits per heavy atom. The first-order chi connectivity index (χ1) is 21.3. The number of rotatable bonds is 5. The van der Waals surface area contributed by atoms with Gasteiger partial charge in [-0.25, -0.2) is 9.97 Å². The monoisotopic (exact) mass is 621 g/mol. The first-order valence-electron chi connectivity index (χ1n) is 15.1. The van der Waals surface area contributed by atoms with Crippen LogP contribution in [0.1, 0.15) is 82.6 Å². The van der Waals surface area contributed by atoms with Crippen LogP contribution in [-0.4, -0.2) is 82.7 Å². The number of oxazole rings is 1. The lowest BCUT2D eigenvalue weighted by atomic mass is 10.0. The van der Waals surface area contributed by atoms with Gasteiger partial charge in [0.1, 0.15) is 23.0 Å². The fraction of sp³-hybridized carbons (Fsp3) is 0.484. The number of carbonyl (C=O) groups excluding carboxylic acids is 4. The number of carbonyl (C=O) groups is 4. The van der Waals surface area contributed by atoms with E-state index in [-0.39, 0.29) is 61.2 Å². The highest BCUT2D eigenvalue weighted by molar-refractivity contribution is 7.09. The Balaban J connectivity index is 1.42. The molecule has 2 aliphatic rings. The third-order valence-corrected chi connectivity index (χ3v) is 8.73. The van der Waals surface area contributed by atoms with Crippen molar-refractivity contribution in [2.24, 2.45) is 5.92 Å². The Morgan fingerprint density at radius 3 is 2.52 bits per heavy atom. The van der Waals surface area contributed by atoms with Crippen LogP contribution in [-0.2, 0) is 16.0 Å². The molecule has 234 valence electrons. The van der Waals surface area contributed by atoms with Crippen molar-refractivity contribution in [3.63, 3.8) is 0 Å². The number of nitrogens with one attached hydrogen (secondary N) is 3. The largest absolute Gasteiger partial charge is 0.446 e. The standard InChI is InChI=1S/C31H39N7O5S/c1-20(2)27-31-35-24(19-44-31)29(42)33-22(15-21-9-5-3-6-10-21)30-34-23(18-43-30)28(41)32-11-14-38(16-25(39)36-27)26(40)17-37-12-7-4-8-13-37/h3,5-6,9-10,18-20,22,27H,4,7-8,11-17H2,1-2H3,(H,32,41)(H,33,42)(H,36,39)/t22-,27-/m0/s1. The molecule has 2 atom stereocenters. The maximum absolute atomic E-state index is 13.4. The molecule has 4 bridgehead atoms. The number of thiazole rings is 1. The number of fused-ring (bicyclic) bond motifs is 4. The fourth-order valence-corrected chi connectivity index (χ4v) is 6.39. The van der Waals surface area contributed by atoms with Gasteiger partial charge in [-0.2, -0.15) is 0 Å². The van der Waals surface area contributed by atoms with E-state index in [1.807, 2.05) is 44.2 Å².